The first-order valence-corrected chi connectivity index (χ1v) is 18.3. The number of aliphatic hydroxyl groups is 1. The van der Waals surface area contributed by atoms with E-state index >= 15 is 0 Å². The van der Waals surface area contributed by atoms with E-state index in [1.54, 1.807) is 0 Å². The van der Waals surface area contributed by atoms with Gasteiger partial charge < -0.3 is 36.1 Å². The Kier molecular flexibility index (Phi) is 23.3. The molecule has 0 aliphatic carbocycles. The standard InChI is InChI=1S/C35H57N7O13/c1-3-4-5-6-7-8-9-18-29(23(2)30(46)38-25(31(47)40-51)15-13-20-42(53)35(36)37)55-34(50)26(16-12-19-41(52)22-43)39-32(48)28(45)21-54-33(49)24-14-10-11-17-27(24)44/h10-11,14,17,22-23,25-26,28-29,44-45,51-53H,3-9,12-13,15-16,18-21H2,1-2H3,(H3,36,37)(H,38,46)(H,39,48)(H,40,47). The van der Waals surface area contributed by atoms with Crippen molar-refractivity contribution in [3.63, 3.8) is 0 Å². The zero-order chi connectivity index (χ0) is 41.3. The molecule has 1 aromatic carbocycles. The molecule has 55 heavy (non-hydrogen) atoms. The number of nitrogens with one attached hydrogen (secondary N) is 4. The first kappa shape index (κ1) is 48.0. The number of hydrogen-bond donors (Lipinski definition) is 10. The first-order valence-electron chi connectivity index (χ1n) is 18.3. The highest BCUT2D eigenvalue weighted by molar-refractivity contribution is 5.93. The van der Waals surface area contributed by atoms with Gasteiger partial charge in [0.2, 0.25) is 18.3 Å². The van der Waals surface area contributed by atoms with E-state index in [-0.39, 0.29) is 62.9 Å². The molecule has 0 saturated heterocycles. The molecule has 0 aromatic heterocycles. The van der Waals surface area contributed by atoms with Crippen molar-refractivity contribution in [2.24, 2.45) is 11.7 Å². The molecule has 0 fully saturated rings. The number of aromatic hydroxyl groups is 1. The lowest BCUT2D eigenvalue weighted by Crippen LogP contribution is -2.51. The lowest BCUT2D eigenvalue weighted by Gasteiger charge is -2.28. The van der Waals surface area contributed by atoms with Crippen LogP contribution in [0.1, 0.15) is 101 Å². The number of carbonyl (C=O) groups excluding carboxylic acids is 6. The van der Waals surface area contributed by atoms with Gasteiger partial charge in [0, 0.05) is 13.1 Å². The van der Waals surface area contributed by atoms with Crippen LogP contribution in [-0.4, -0.2) is 122 Å². The lowest BCUT2D eigenvalue weighted by atomic mass is 9.96. The Hall–Kier alpha value is -5.05. The number of unbranched alkanes of at least 4 members (excludes halogenated alkanes) is 6. The van der Waals surface area contributed by atoms with E-state index in [0.29, 0.717) is 16.5 Å². The van der Waals surface area contributed by atoms with Gasteiger partial charge in [-0.05, 0) is 50.7 Å². The van der Waals surface area contributed by atoms with Gasteiger partial charge in [0.1, 0.15) is 36.1 Å². The van der Waals surface area contributed by atoms with Gasteiger partial charge in [0.25, 0.3) is 11.8 Å². The smallest absolute Gasteiger partial charge is 0.342 e. The number of nitrogens with two attached hydrogens (primary N) is 1. The second-order valence-electron chi connectivity index (χ2n) is 13.0. The summed E-state index contributed by atoms with van der Waals surface area (Å²) in [7, 11) is 0. The van der Waals surface area contributed by atoms with Crippen LogP contribution in [0.2, 0.25) is 0 Å². The Bertz CT molecular complexity index is 1390. The summed E-state index contributed by atoms with van der Waals surface area (Å²) >= 11 is 0. The van der Waals surface area contributed by atoms with Crippen LogP contribution < -0.4 is 21.8 Å². The minimum Gasteiger partial charge on any atom is -0.507 e. The van der Waals surface area contributed by atoms with Crippen LogP contribution >= 0.6 is 0 Å². The van der Waals surface area contributed by atoms with Crippen LogP contribution in [0, 0.1) is 11.3 Å². The molecular formula is C35H57N7O13. The highest BCUT2D eigenvalue weighted by Crippen LogP contribution is 2.20. The van der Waals surface area contributed by atoms with Crippen molar-refractivity contribution < 1.29 is 64.1 Å². The zero-order valence-electron chi connectivity index (χ0n) is 31.4. The molecule has 1 aromatic rings. The number of hydrogen-bond acceptors (Lipinski definition) is 14. The topological polar surface area (TPSA) is 314 Å². The Morgan fingerprint density at radius 3 is 2.09 bits per heavy atom. The van der Waals surface area contributed by atoms with Gasteiger partial charge in [-0.1, -0.05) is 64.5 Å². The molecule has 1 rings (SSSR count). The molecular weight excluding hydrogens is 726 g/mol. The zero-order valence-corrected chi connectivity index (χ0v) is 31.4. The molecule has 5 atom stereocenters. The van der Waals surface area contributed by atoms with Gasteiger partial charge in [-0.15, -0.1) is 0 Å². The van der Waals surface area contributed by atoms with Crippen LogP contribution in [0.4, 0.5) is 0 Å². The molecule has 0 spiro atoms. The Labute approximate surface area is 319 Å². The van der Waals surface area contributed by atoms with Crippen molar-refractivity contribution in [3.8, 4) is 5.75 Å². The fourth-order valence-corrected chi connectivity index (χ4v) is 5.31. The monoisotopic (exact) mass is 783 g/mol. The van der Waals surface area contributed by atoms with E-state index in [0.717, 1.165) is 38.5 Å². The molecule has 4 amide bonds. The van der Waals surface area contributed by atoms with E-state index in [9.17, 15) is 54.6 Å². The number of phenolic OH excluding ortho intramolecular Hbond substituents is 1. The molecule has 0 saturated carbocycles. The average Bonchev–Trinajstić information content (AvgIpc) is 3.17. The Balaban J connectivity index is 3.16. The molecule has 20 heteroatoms. The van der Waals surface area contributed by atoms with Gasteiger partial charge in [0.05, 0.1) is 5.92 Å². The summed E-state index contributed by atoms with van der Waals surface area (Å²) in [5.74, 6) is -6.98. The van der Waals surface area contributed by atoms with E-state index < -0.39 is 72.4 Å². The predicted octanol–water partition coefficient (Wildman–Crippen LogP) is 1.07. The number of phenols is 1. The maximum atomic E-state index is 13.7. The third-order valence-electron chi connectivity index (χ3n) is 8.62. The summed E-state index contributed by atoms with van der Waals surface area (Å²) in [4.78, 5) is 75.7. The maximum Gasteiger partial charge on any atom is 0.342 e. The fourth-order valence-electron chi connectivity index (χ4n) is 5.31. The van der Waals surface area contributed by atoms with E-state index in [1.807, 2.05) is 0 Å². The van der Waals surface area contributed by atoms with Gasteiger partial charge in [-0.25, -0.2) is 25.2 Å². The van der Waals surface area contributed by atoms with E-state index in [4.69, 9.17) is 20.6 Å². The first-order chi connectivity index (χ1) is 26.2. The fraction of sp³-hybridized carbons (Fsp3) is 0.629. The lowest BCUT2D eigenvalue weighted by molar-refractivity contribution is -0.159. The van der Waals surface area contributed by atoms with Gasteiger partial charge in [-0.2, -0.15) is 0 Å². The molecule has 0 heterocycles. The van der Waals surface area contributed by atoms with Crippen LogP contribution in [-0.2, 0) is 33.4 Å². The molecule has 0 aliphatic heterocycles. The molecule has 5 unspecified atom stereocenters. The summed E-state index contributed by atoms with van der Waals surface area (Å²) in [5, 5.41) is 61.6. The van der Waals surface area contributed by atoms with Crippen LogP contribution in [0.25, 0.3) is 0 Å². The summed E-state index contributed by atoms with van der Waals surface area (Å²) in [6.07, 6.45) is 3.40. The Morgan fingerprint density at radius 2 is 1.47 bits per heavy atom. The third-order valence-corrected chi connectivity index (χ3v) is 8.62. The number of aliphatic hydroxyl groups excluding tert-OH is 1. The number of esters is 2. The highest BCUT2D eigenvalue weighted by Gasteiger charge is 2.34. The minimum atomic E-state index is -1.97. The molecule has 0 bridgehead atoms. The van der Waals surface area contributed by atoms with Crippen LogP contribution in [0.3, 0.4) is 0 Å². The second kappa shape index (κ2) is 26.7. The van der Waals surface area contributed by atoms with Crippen molar-refractivity contribution in [2.75, 3.05) is 19.7 Å². The number of para-hydroxylation sites is 1. The van der Waals surface area contributed by atoms with Crippen molar-refractivity contribution in [3.05, 3.63) is 29.8 Å². The average molecular weight is 784 g/mol. The molecule has 0 aliphatic rings. The molecule has 310 valence electrons. The summed E-state index contributed by atoms with van der Waals surface area (Å²) < 4.78 is 10.7. The number of guanidine groups is 1. The maximum absolute atomic E-state index is 13.7. The largest absolute Gasteiger partial charge is 0.507 e. The number of amides is 4. The van der Waals surface area contributed by atoms with Crippen molar-refractivity contribution in [1.82, 2.24) is 26.2 Å². The summed E-state index contributed by atoms with van der Waals surface area (Å²) in [6.45, 7) is 2.31. The van der Waals surface area contributed by atoms with Crippen LogP contribution in [0.15, 0.2) is 24.3 Å². The second-order valence-corrected chi connectivity index (χ2v) is 13.0. The number of rotatable bonds is 28. The summed E-state index contributed by atoms with van der Waals surface area (Å²) in [6, 6.07) is 2.69. The number of nitrogens with zero attached hydrogens (tertiary/aromatic N) is 2. The third kappa shape index (κ3) is 18.7. The number of carbonyl (C=O) groups is 6. The van der Waals surface area contributed by atoms with E-state index in [1.165, 1.54) is 36.7 Å². The van der Waals surface area contributed by atoms with Crippen LogP contribution in [0.5, 0.6) is 5.75 Å². The van der Waals surface area contributed by atoms with E-state index in [2.05, 4.69) is 17.6 Å². The normalized spacial score (nSPS) is 13.6. The molecule has 0 radical (unpaired) electrons. The summed E-state index contributed by atoms with van der Waals surface area (Å²) in [5.41, 5.74) is 6.47. The quantitative estimate of drug-likeness (QED) is 0.0108. The number of hydroxylamine groups is 5. The number of ether oxygens (including phenoxy) is 2. The molecule has 11 N–H and O–H groups in total. The van der Waals surface area contributed by atoms with Crippen molar-refractivity contribution >= 4 is 42.0 Å². The van der Waals surface area contributed by atoms with Gasteiger partial charge in [0.15, 0.2) is 6.10 Å². The minimum absolute atomic E-state index is 0.0288. The van der Waals surface area contributed by atoms with Gasteiger partial charge in [-0.3, -0.25) is 40.2 Å². The van der Waals surface area contributed by atoms with Gasteiger partial charge >= 0.3 is 11.9 Å². The number of benzene rings is 1. The predicted molar refractivity (Wildman–Crippen MR) is 193 cm³/mol. The van der Waals surface area contributed by atoms with Crippen molar-refractivity contribution in [1.29, 1.82) is 5.41 Å². The van der Waals surface area contributed by atoms with Crippen molar-refractivity contribution in [2.45, 2.75) is 115 Å². The Morgan fingerprint density at radius 1 is 0.873 bits per heavy atom. The highest BCUT2D eigenvalue weighted by atomic mass is 16.6. The SMILES string of the molecule is CCCCCCCCCC(OC(=O)C(CCCN(O)C=O)NC(=O)C(O)COC(=O)c1ccccc1O)C(C)C(=O)NC(CCCN(O)C(=N)N)C(=O)NO. The molecule has 20 nitrogen and oxygen atoms in total.